The molecule has 0 aromatic carbocycles. The number of rotatable bonds is 12. The molecule has 11 heteroatoms. The van der Waals surface area contributed by atoms with Crippen LogP contribution in [0.25, 0.3) is 0 Å². The minimum atomic E-state index is -0.588. The number of esters is 2. The molecule has 0 atom stereocenters. The van der Waals surface area contributed by atoms with E-state index in [1.807, 2.05) is 0 Å². The number of hydrogen-bond acceptors (Lipinski definition) is 9. The van der Waals surface area contributed by atoms with Crippen LogP contribution in [0.1, 0.15) is 41.5 Å². The average Bonchev–Trinajstić information content (AvgIpc) is 2.65. The molecular formula is C20H36N2O8S. The lowest BCUT2D eigenvalue weighted by Crippen LogP contribution is -2.31. The zero-order valence-corrected chi connectivity index (χ0v) is 20.1. The highest BCUT2D eigenvalue weighted by atomic mass is 32.2. The van der Waals surface area contributed by atoms with Crippen molar-refractivity contribution >= 4 is 35.9 Å². The number of amides is 2. The van der Waals surface area contributed by atoms with E-state index in [-0.39, 0.29) is 51.5 Å². The lowest BCUT2D eigenvalue weighted by molar-refractivity contribution is -0.153. The van der Waals surface area contributed by atoms with E-state index in [2.05, 4.69) is 10.6 Å². The predicted octanol–water partition coefficient (Wildman–Crippen LogP) is 2.35. The molecule has 0 radical (unpaired) electrons. The zero-order chi connectivity index (χ0) is 23.9. The maximum absolute atomic E-state index is 11.5. The van der Waals surface area contributed by atoms with Gasteiger partial charge in [-0.1, -0.05) is 0 Å². The topological polar surface area (TPSA) is 129 Å². The molecule has 0 spiro atoms. The van der Waals surface area contributed by atoms with Crippen molar-refractivity contribution in [2.45, 2.75) is 41.5 Å². The van der Waals surface area contributed by atoms with Crippen molar-refractivity contribution in [1.82, 2.24) is 10.6 Å². The van der Waals surface area contributed by atoms with Crippen LogP contribution in [-0.2, 0) is 28.5 Å². The Bertz CT molecular complexity index is 535. The van der Waals surface area contributed by atoms with Crippen molar-refractivity contribution in [3.05, 3.63) is 0 Å². The van der Waals surface area contributed by atoms with Gasteiger partial charge in [-0.25, -0.2) is 9.59 Å². The van der Waals surface area contributed by atoms with Gasteiger partial charge in [-0.2, -0.15) is 11.8 Å². The van der Waals surface area contributed by atoms with Gasteiger partial charge in [0, 0.05) is 11.5 Å². The van der Waals surface area contributed by atoms with E-state index in [9.17, 15) is 19.2 Å². The summed E-state index contributed by atoms with van der Waals surface area (Å²) in [6.07, 6.45) is -1.18. The van der Waals surface area contributed by atoms with E-state index >= 15 is 0 Å². The molecular weight excluding hydrogens is 428 g/mol. The quantitative estimate of drug-likeness (QED) is 0.254. The second-order valence-electron chi connectivity index (χ2n) is 8.51. The van der Waals surface area contributed by atoms with Crippen molar-refractivity contribution < 1.29 is 38.1 Å². The number of nitrogens with one attached hydrogen (secondary N) is 2. The fourth-order valence-corrected chi connectivity index (χ4v) is 2.22. The third kappa shape index (κ3) is 16.2. The minimum Gasteiger partial charge on any atom is -0.463 e. The highest BCUT2D eigenvalue weighted by Crippen LogP contribution is 2.15. The van der Waals surface area contributed by atoms with Crippen molar-refractivity contribution in [1.29, 1.82) is 0 Å². The fourth-order valence-electron chi connectivity index (χ4n) is 1.62. The largest absolute Gasteiger partial charge is 0.463 e. The average molecular weight is 465 g/mol. The standard InChI is InChI=1S/C20H36N2O8S/c1-19(2,3)15(23)27-9-7-21-17(25)29-11-13-31-14-12-30-18(26)22-8-10-28-16(24)20(4,5)6/h7-14H2,1-6H3,(H,21,25)(H,22,26). The molecule has 0 aliphatic rings. The summed E-state index contributed by atoms with van der Waals surface area (Å²) in [4.78, 5) is 46.1. The van der Waals surface area contributed by atoms with Crippen molar-refractivity contribution in [2.24, 2.45) is 10.8 Å². The molecule has 0 aromatic heterocycles. The molecule has 31 heavy (non-hydrogen) atoms. The third-order valence-corrected chi connectivity index (χ3v) is 4.27. The third-order valence-electron chi connectivity index (χ3n) is 3.36. The summed E-state index contributed by atoms with van der Waals surface area (Å²) in [6.45, 7) is 11.4. The first-order chi connectivity index (χ1) is 14.3. The van der Waals surface area contributed by atoms with Gasteiger partial charge in [0.15, 0.2) is 0 Å². The van der Waals surface area contributed by atoms with Crippen molar-refractivity contribution in [2.75, 3.05) is 51.0 Å². The molecule has 0 heterocycles. The van der Waals surface area contributed by atoms with Gasteiger partial charge in [-0.05, 0) is 41.5 Å². The monoisotopic (exact) mass is 464 g/mol. The molecule has 0 aromatic rings. The summed E-state index contributed by atoms with van der Waals surface area (Å²) < 4.78 is 20.0. The van der Waals surface area contributed by atoms with Crippen LogP contribution in [0.3, 0.4) is 0 Å². The first kappa shape index (κ1) is 28.8. The number of thioether (sulfide) groups is 1. The van der Waals surface area contributed by atoms with E-state index in [0.717, 1.165) is 0 Å². The number of carbonyl (C=O) groups is 4. The number of hydrogen-bond donors (Lipinski definition) is 2. The Kier molecular flexibility index (Phi) is 13.7. The normalized spacial score (nSPS) is 11.3. The molecule has 0 saturated heterocycles. The van der Waals surface area contributed by atoms with Crippen LogP contribution in [0, 0.1) is 10.8 Å². The number of ether oxygens (including phenoxy) is 4. The Hall–Kier alpha value is -2.17. The van der Waals surface area contributed by atoms with E-state index in [0.29, 0.717) is 11.5 Å². The Morgan fingerprint density at radius 2 is 0.968 bits per heavy atom. The fraction of sp³-hybridized carbons (Fsp3) is 0.800. The van der Waals surface area contributed by atoms with Crippen LogP contribution in [0.4, 0.5) is 9.59 Å². The first-order valence-electron chi connectivity index (χ1n) is 10.1. The predicted molar refractivity (Wildman–Crippen MR) is 117 cm³/mol. The van der Waals surface area contributed by atoms with E-state index < -0.39 is 23.0 Å². The van der Waals surface area contributed by atoms with Crippen LogP contribution < -0.4 is 10.6 Å². The van der Waals surface area contributed by atoms with Gasteiger partial charge in [0.05, 0.1) is 23.9 Å². The lowest BCUT2D eigenvalue weighted by Gasteiger charge is -2.16. The second-order valence-corrected chi connectivity index (χ2v) is 9.73. The molecule has 10 nitrogen and oxygen atoms in total. The summed E-state index contributed by atoms with van der Waals surface area (Å²) in [6, 6.07) is 0. The number of alkyl carbamates (subject to hydrolysis) is 2. The van der Waals surface area contributed by atoms with Crippen molar-refractivity contribution in [3.8, 4) is 0 Å². The van der Waals surface area contributed by atoms with Gasteiger partial charge in [-0.15, -0.1) is 0 Å². The van der Waals surface area contributed by atoms with E-state index in [1.54, 1.807) is 41.5 Å². The van der Waals surface area contributed by atoms with E-state index in [4.69, 9.17) is 18.9 Å². The van der Waals surface area contributed by atoms with Gasteiger partial charge < -0.3 is 29.6 Å². The highest BCUT2D eigenvalue weighted by Gasteiger charge is 2.23. The molecule has 0 fully saturated rings. The Labute approximate surface area is 188 Å². The molecule has 0 unspecified atom stereocenters. The van der Waals surface area contributed by atoms with Crippen LogP contribution in [0.15, 0.2) is 0 Å². The smallest absolute Gasteiger partial charge is 0.407 e. The van der Waals surface area contributed by atoms with Crippen LogP contribution in [0.2, 0.25) is 0 Å². The highest BCUT2D eigenvalue weighted by molar-refractivity contribution is 7.99. The molecule has 0 aliphatic heterocycles. The molecule has 0 aliphatic carbocycles. The van der Waals surface area contributed by atoms with Gasteiger partial charge >= 0.3 is 24.1 Å². The summed E-state index contributed by atoms with van der Waals surface area (Å²) in [5.41, 5.74) is -1.16. The zero-order valence-electron chi connectivity index (χ0n) is 19.3. The molecule has 0 rings (SSSR count). The maximum Gasteiger partial charge on any atom is 0.407 e. The van der Waals surface area contributed by atoms with Crippen LogP contribution in [-0.4, -0.2) is 75.1 Å². The number of carbonyl (C=O) groups excluding carboxylic acids is 4. The van der Waals surface area contributed by atoms with Gasteiger partial charge in [0.2, 0.25) is 0 Å². The van der Waals surface area contributed by atoms with Gasteiger partial charge in [0.1, 0.15) is 26.4 Å². The van der Waals surface area contributed by atoms with Crippen molar-refractivity contribution in [3.63, 3.8) is 0 Å². The molecule has 0 saturated carbocycles. The Morgan fingerprint density at radius 1 is 0.613 bits per heavy atom. The second kappa shape index (κ2) is 14.8. The summed E-state index contributed by atoms with van der Waals surface area (Å²) in [7, 11) is 0. The summed E-state index contributed by atoms with van der Waals surface area (Å²) >= 11 is 1.46. The molecule has 2 N–H and O–H groups in total. The first-order valence-corrected chi connectivity index (χ1v) is 11.2. The van der Waals surface area contributed by atoms with E-state index in [1.165, 1.54) is 11.8 Å². The van der Waals surface area contributed by atoms with Gasteiger partial charge in [0.25, 0.3) is 0 Å². The minimum absolute atomic E-state index is 0.0817. The Balaban J connectivity index is 3.54. The maximum atomic E-state index is 11.5. The molecule has 0 bridgehead atoms. The molecule has 2 amide bonds. The van der Waals surface area contributed by atoms with Crippen LogP contribution in [0.5, 0.6) is 0 Å². The summed E-state index contributed by atoms with van der Waals surface area (Å²) in [5, 5.41) is 4.98. The SMILES string of the molecule is CC(C)(C)C(=O)OCCNC(=O)OCCSCCOC(=O)NCCOC(=O)C(C)(C)C. The Morgan fingerprint density at radius 3 is 1.29 bits per heavy atom. The summed E-state index contributed by atoms with van der Waals surface area (Å²) in [5.74, 6) is 0.415. The lowest BCUT2D eigenvalue weighted by atomic mass is 9.97. The molecule has 180 valence electrons. The van der Waals surface area contributed by atoms with Gasteiger partial charge in [-0.3, -0.25) is 9.59 Å². The van der Waals surface area contributed by atoms with Crippen LogP contribution >= 0.6 is 11.8 Å².